The zero-order chi connectivity index (χ0) is 14.6. The molecule has 1 saturated heterocycles. The molecule has 1 fully saturated rings. The molecule has 2 rings (SSSR count). The second-order valence-electron chi connectivity index (χ2n) is 4.85. The van der Waals surface area contributed by atoms with Gasteiger partial charge in [0.25, 0.3) is 0 Å². The number of ether oxygens (including phenoxy) is 1. The highest BCUT2D eigenvalue weighted by Gasteiger charge is 2.39. The number of benzene rings is 1. The molecular weight excluding hydrogens is 261 g/mol. The van der Waals surface area contributed by atoms with E-state index in [9.17, 15) is 9.18 Å². The predicted molar refractivity (Wildman–Crippen MR) is 71.3 cm³/mol. The molecule has 0 radical (unpaired) electrons. The van der Waals surface area contributed by atoms with Crippen LogP contribution in [0.5, 0.6) is 0 Å². The van der Waals surface area contributed by atoms with Crippen molar-refractivity contribution in [3.63, 3.8) is 0 Å². The number of hydrogen-bond donors (Lipinski definition) is 2. The minimum Gasteiger partial charge on any atom is -0.381 e. The van der Waals surface area contributed by atoms with Crippen molar-refractivity contribution in [2.75, 3.05) is 25.1 Å². The van der Waals surface area contributed by atoms with Crippen molar-refractivity contribution in [2.45, 2.75) is 12.8 Å². The van der Waals surface area contributed by atoms with E-state index in [0.717, 1.165) is 6.07 Å². The molecule has 0 unspecified atom stereocenters. The van der Waals surface area contributed by atoms with Gasteiger partial charge < -0.3 is 15.8 Å². The number of nitrogens with two attached hydrogens (primary N) is 1. The number of rotatable bonds is 3. The fourth-order valence-corrected chi connectivity index (χ4v) is 2.26. The summed E-state index contributed by atoms with van der Waals surface area (Å²) in [7, 11) is 0. The van der Waals surface area contributed by atoms with Crippen LogP contribution < -0.4 is 11.1 Å². The molecule has 0 spiro atoms. The van der Waals surface area contributed by atoms with Gasteiger partial charge in [0.1, 0.15) is 11.9 Å². The molecule has 1 heterocycles. The minimum absolute atomic E-state index is 0.0950. The lowest BCUT2D eigenvalue weighted by Crippen LogP contribution is -2.46. The lowest BCUT2D eigenvalue weighted by Gasteiger charge is -2.34. The van der Waals surface area contributed by atoms with Gasteiger partial charge in [-0.1, -0.05) is 0 Å². The van der Waals surface area contributed by atoms with Gasteiger partial charge in [-0.25, -0.2) is 4.39 Å². The third-order valence-electron chi connectivity index (χ3n) is 3.67. The highest BCUT2D eigenvalue weighted by Crippen LogP contribution is 2.31. The monoisotopic (exact) mass is 277 g/mol. The van der Waals surface area contributed by atoms with Gasteiger partial charge in [-0.3, -0.25) is 4.79 Å². The molecular formula is C14H16FN3O2. The summed E-state index contributed by atoms with van der Waals surface area (Å²) in [6, 6.07) is 5.54. The van der Waals surface area contributed by atoms with Crippen LogP contribution in [0.25, 0.3) is 0 Å². The van der Waals surface area contributed by atoms with E-state index in [1.165, 1.54) is 12.1 Å². The van der Waals surface area contributed by atoms with Crippen molar-refractivity contribution < 1.29 is 13.9 Å². The number of nitrogens with zero attached hydrogens (tertiary/aromatic N) is 1. The van der Waals surface area contributed by atoms with Crippen LogP contribution in [0.1, 0.15) is 18.4 Å². The van der Waals surface area contributed by atoms with Crippen LogP contribution in [0.3, 0.4) is 0 Å². The molecule has 5 nitrogen and oxygen atoms in total. The largest absolute Gasteiger partial charge is 0.381 e. The van der Waals surface area contributed by atoms with Crippen LogP contribution in [0.4, 0.5) is 10.1 Å². The summed E-state index contributed by atoms with van der Waals surface area (Å²) in [5, 5.41) is 11.7. The molecule has 0 aliphatic carbocycles. The first-order chi connectivity index (χ1) is 9.61. The van der Waals surface area contributed by atoms with Crippen molar-refractivity contribution in [1.82, 2.24) is 0 Å². The molecule has 0 aromatic heterocycles. The number of halogens is 1. The van der Waals surface area contributed by atoms with Crippen LogP contribution >= 0.6 is 0 Å². The highest BCUT2D eigenvalue weighted by molar-refractivity contribution is 5.96. The van der Waals surface area contributed by atoms with Gasteiger partial charge in [-0.2, -0.15) is 5.26 Å². The maximum absolute atomic E-state index is 13.1. The maximum Gasteiger partial charge on any atom is 0.232 e. The number of carbonyl (C=O) groups excluding carboxylic acids is 1. The SMILES string of the molecule is N#Cc1cc(F)ccc1NC(=O)C1(CN)CCOCC1. The minimum atomic E-state index is -0.681. The van der Waals surface area contributed by atoms with E-state index in [0.29, 0.717) is 31.7 Å². The first-order valence-electron chi connectivity index (χ1n) is 6.40. The second-order valence-corrected chi connectivity index (χ2v) is 4.85. The number of anilines is 1. The van der Waals surface area contributed by atoms with Crippen LogP contribution in [0, 0.1) is 22.6 Å². The predicted octanol–water partition coefficient (Wildman–Crippen LogP) is 1.39. The van der Waals surface area contributed by atoms with Gasteiger partial charge >= 0.3 is 0 Å². The lowest BCUT2D eigenvalue weighted by molar-refractivity contribution is -0.130. The van der Waals surface area contributed by atoms with Crippen molar-refractivity contribution in [2.24, 2.45) is 11.1 Å². The zero-order valence-electron chi connectivity index (χ0n) is 11.0. The topological polar surface area (TPSA) is 88.1 Å². The number of hydrogen-bond acceptors (Lipinski definition) is 4. The summed E-state index contributed by atoms with van der Waals surface area (Å²) in [5.41, 5.74) is 5.46. The average molecular weight is 277 g/mol. The first kappa shape index (κ1) is 14.4. The van der Waals surface area contributed by atoms with E-state index in [4.69, 9.17) is 15.7 Å². The fourth-order valence-electron chi connectivity index (χ4n) is 2.26. The highest BCUT2D eigenvalue weighted by atomic mass is 19.1. The quantitative estimate of drug-likeness (QED) is 0.874. The molecule has 106 valence electrons. The lowest BCUT2D eigenvalue weighted by atomic mass is 9.79. The number of nitrogens with one attached hydrogen (secondary N) is 1. The Balaban J connectivity index is 2.21. The molecule has 1 aliphatic heterocycles. The van der Waals surface area contributed by atoms with E-state index in [1.54, 1.807) is 0 Å². The van der Waals surface area contributed by atoms with Crippen molar-refractivity contribution >= 4 is 11.6 Å². The van der Waals surface area contributed by atoms with Gasteiger partial charge in [0.05, 0.1) is 16.7 Å². The first-order valence-corrected chi connectivity index (χ1v) is 6.40. The van der Waals surface area contributed by atoms with Crippen LogP contribution in [0.2, 0.25) is 0 Å². The second kappa shape index (κ2) is 5.99. The number of nitriles is 1. The van der Waals surface area contributed by atoms with Gasteiger partial charge in [0.2, 0.25) is 5.91 Å². The molecule has 0 atom stereocenters. The number of carbonyl (C=O) groups is 1. The normalized spacial score (nSPS) is 17.2. The maximum atomic E-state index is 13.1. The Morgan fingerprint density at radius 2 is 2.20 bits per heavy atom. The zero-order valence-corrected chi connectivity index (χ0v) is 11.0. The van der Waals surface area contributed by atoms with Crippen molar-refractivity contribution in [3.05, 3.63) is 29.6 Å². The number of amides is 1. The Morgan fingerprint density at radius 3 is 2.80 bits per heavy atom. The molecule has 20 heavy (non-hydrogen) atoms. The van der Waals surface area contributed by atoms with Gasteiger partial charge in [0, 0.05) is 19.8 Å². The Kier molecular flexibility index (Phi) is 4.32. The molecule has 1 aliphatic rings. The molecule has 1 aromatic rings. The molecule has 1 aromatic carbocycles. The molecule has 1 amide bonds. The Morgan fingerprint density at radius 1 is 1.50 bits per heavy atom. The summed E-state index contributed by atoms with van der Waals surface area (Å²) < 4.78 is 18.3. The van der Waals surface area contributed by atoms with Crippen molar-refractivity contribution in [1.29, 1.82) is 5.26 Å². The third-order valence-corrected chi connectivity index (χ3v) is 3.67. The summed E-state index contributed by atoms with van der Waals surface area (Å²) in [4.78, 5) is 12.4. The van der Waals surface area contributed by atoms with Crippen LogP contribution in [0.15, 0.2) is 18.2 Å². The van der Waals surface area contributed by atoms with E-state index < -0.39 is 11.2 Å². The summed E-state index contributed by atoms with van der Waals surface area (Å²) in [5.74, 6) is -0.759. The third kappa shape index (κ3) is 2.79. The molecule has 6 heteroatoms. The average Bonchev–Trinajstić information content (AvgIpc) is 2.49. The van der Waals surface area contributed by atoms with E-state index in [1.807, 2.05) is 6.07 Å². The Bertz CT molecular complexity index is 548. The van der Waals surface area contributed by atoms with E-state index >= 15 is 0 Å². The van der Waals surface area contributed by atoms with Gasteiger partial charge in [-0.15, -0.1) is 0 Å². The van der Waals surface area contributed by atoms with E-state index in [2.05, 4.69) is 5.32 Å². The smallest absolute Gasteiger partial charge is 0.232 e. The Hall–Kier alpha value is -1.97. The van der Waals surface area contributed by atoms with E-state index in [-0.39, 0.29) is 18.0 Å². The van der Waals surface area contributed by atoms with Crippen LogP contribution in [-0.2, 0) is 9.53 Å². The van der Waals surface area contributed by atoms with Gasteiger partial charge in [0.15, 0.2) is 0 Å². The van der Waals surface area contributed by atoms with Gasteiger partial charge in [-0.05, 0) is 31.0 Å². The molecule has 3 N–H and O–H groups in total. The van der Waals surface area contributed by atoms with Crippen molar-refractivity contribution in [3.8, 4) is 6.07 Å². The molecule has 0 saturated carbocycles. The summed E-state index contributed by atoms with van der Waals surface area (Å²) >= 11 is 0. The molecule has 0 bridgehead atoms. The standard InChI is InChI=1S/C14H16FN3O2/c15-11-1-2-12(10(7-11)8-16)18-13(19)14(9-17)3-5-20-6-4-14/h1-2,7H,3-6,9,17H2,(H,18,19). The van der Waals surface area contributed by atoms with Crippen LogP contribution in [-0.4, -0.2) is 25.7 Å². The Labute approximate surface area is 116 Å². The summed E-state index contributed by atoms with van der Waals surface area (Å²) in [6.45, 7) is 1.18. The summed E-state index contributed by atoms with van der Waals surface area (Å²) in [6.07, 6.45) is 1.08. The fraction of sp³-hybridized carbons (Fsp3) is 0.429.